The number of nitrogens with zero attached hydrogens (tertiary/aromatic N) is 2. The first-order valence-electron chi connectivity index (χ1n) is 4.68. The molecule has 2 aromatic rings. The lowest BCUT2D eigenvalue weighted by molar-refractivity contribution is 1.17. The number of alkyl halides is 1. The molecule has 0 radical (unpaired) electrons. The van der Waals surface area contributed by atoms with Crippen LogP contribution in [0.2, 0.25) is 5.15 Å². The number of rotatable bonds is 3. The largest absolute Gasteiger partial charge is 0.324 e. The number of aromatic nitrogens is 2. The molecular weight excluding hydrogens is 336 g/mol. The summed E-state index contributed by atoms with van der Waals surface area (Å²) in [6, 6.07) is 9.77. The van der Waals surface area contributed by atoms with E-state index in [9.17, 15) is 0 Å². The smallest absolute Gasteiger partial charge is 0.228 e. The van der Waals surface area contributed by atoms with E-state index in [0.717, 1.165) is 10.1 Å². The highest BCUT2D eigenvalue weighted by atomic mass is 127. The van der Waals surface area contributed by atoms with Gasteiger partial charge < -0.3 is 5.32 Å². The van der Waals surface area contributed by atoms with Crippen LogP contribution in [-0.4, -0.2) is 9.97 Å². The number of benzene rings is 1. The Hall–Kier alpha value is -0.880. The van der Waals surface area contributed by atoms with Gasteiger partial charge in [-0.15, -0.1) is 0 Å². The lowest BCUT2D eigenvalue weighted by Gasteiger charge is -2.05. The fourth-order valence-electron chi connectivity index (χ4n) is 1.26. The summed E-state index contributed by atoms with van der Waals surface area (Å²) in [5.41, 5.74) is 2.23. The van der Waals surface area contributed by atoms with Crippen molar-refractivity contribution >= 4 is 45.8 Å². The quantitative estimate of drug-likeness (QED) is 0.522. The fourth-order valence-corrected chi connectivity index (χ4v) is 1.87. The highest BCUT2D eigenvalue weighted by Gasteiger charge is 1.99. The average Bonchev–Trinajstić information content (AvgIpc) is 2.29. The van der Waals surface area contributed by atoms with Gasteiger partial charge in [0.15, 0.2) is 0 Å². The van der Waals surface area contributed by atoms with Crippen molar-refractivity contribution in [2.24, 2.45) is 0 Å². The zero-order valence-electron chi connectivity index (χ0n) is 8.32. The Bertz CT molecular complexity index is 490. The van der Waals surface area contributed by atoms with Crippen molar-refractivity contribution in [3.8, 4) is 0 Å². The van der Waals surface area contributed by atoms with E-state index in [-0.39, 0.29) is 0 Å². The molecule has 0 amide bonds. The lowest BCUT2D eigenvalue weighted by atomic mass is 10.2. The van der Waals surface area contributed by atoms with Crippen LogP contribution in [0.1, 0.15) is 5.56 Å². The van der Waals surface area contributed by atoms with E-state index in [2.05, 4.69) is 50.0 Å². The molecule has 3 nitrogen and oxygen atoms in total. The summed E-state index contributed by atoms with van der Waals surface area (Å²) in [6.07, 6.45) is 1.62. The van der Waals surface area contributed by atoms with Gasteiger partial charge >= 0.3 is 0 Å². The Kier molecular flexibility index (Phi) is 3.95. The van der Waals surface area contributed by atoms with Crippen molar-refractivity contribution in [3.63, 3.8) is 0 Å². The Morgan fingerprint density at radius 3 is 2.94 bits per heavy atom. The second-order valence-electron chi connectivity index (χ2n) is 3.16. The van der Waals surface area contributed by atoms with Crippen molar-refractivity contribution in [1.82, 2.24) is 9.97 Å². The molecule has 1 aromatic carbocycles. The molecule has 1 aromatic heterocycles. The minimum atomic E-state index is 0.433. The third-order valence-corrected chi connectivity index (χ3v) is 3.05. The van der Waals surface area contributed by atoms with E-state index in [1.807, 2.05) is 12.1 Å². The molecule has 0 saturated heterocycles. The normalized spacial score (nSPS) is 10.1. The Balaban J connectivity index is 2.20. The summed E-state index contributed by atoms with van der Waals surface area (Å²) in [5, 5.41) is 3.54. The van der Waals surface area contributed by atoms with E-state index in [0.29, 0.717) is 11.1 Å². The SMILES string of the molecule is Clc1ccnc(Nc2cccc(CI)c2)n1. The first-order valence-corrected chi connectivity index (χ1v) is 6.59. The van der Waals surface area contributed by atoms with Crippen LogP contribution in [0.4, 0.5) is 11.6 Å². The van der Waals surface area contributed by atoms with E-state index < -0.39 is 0 Å². The first-order chi connectivity index (χ1) is 7.78. The van der Waals surface area contributed by atoms with Crippen molar-refractivity contribution in [2.45, 2.75) is 4.43 Å². The van der Waals surface area contributed by atoms with Gasteiger partial charge in [0.1, 0.15) is 5.15 Å². The topological polar surface area (TPSA) is 37.8 Å². The van der Waals surface area contributed by atoms with Gasteiger partial charge in [-0.3, -0.25) is 0 Å². The molecule has 2 rings (SSSR count). The van der Waals surface area contributed by atoms with Crippen molar-refractivity contribution in [3.05, 3.63) is 47.2 Å². The molecule has 0 fully saturated rings. The second-order valence-corrected chi connectivity index (χ2v) is 4.31. The Labute approximate surface area is 112 Å². The van der Waals surface area contributed by atoms with Crippen LogP contribution < -0.4 is 5.32 Å². The fraction of sp³-hybridized carbons (Fsp3) is 0.0909. The zero-order valence-corrected chi connectivity index (χ0v) is 11.2. The van der Waals surface area contributed by atoms with Gasteiger partial charge in [0.25, 0.3) is 0 Å². The van der Waals surface area contributed by atoms with Crippen LogP contribution >= 0.6 is 34.2 Å². The van der Waals surface area contributed by atoms with Crippen LogP contribution in [0.5, 0.6) is 0 Å². The van der Waals surface area contributed by atoms with E-state index in [1.54, 1.807) is 12.3 Å². The van der Waals surface area contributed by atoms with Crippen LogP contribution in [0.15, 0.2) is 36.5 Å². The van der Waals surface area contributed by atoms with Gasteiger partial charge in [-0.05, 0) is 23.8 Å². The van der Waals surface area contributed by atoms with E-state index >= 15 is 0 Å². The van der Waals surface area contributed by atoms with Crippen LogP contribution in [0.3, 0.4) is 0 Å². The summed E-state index contributed by atoms with van der Waals surface area (Å²) in [5.74, 6) is 0.512. The predicted octanol–water partition coefficient (Wildman–Crippen LogP) is 3.81. The number of anilines is 2. The van der Waals surface area contributed by atoms with E-state index in [1.165, 1.54) is 5.56 Å². The summed E-state index contributed by atoms with van der Waals surface area (Å²) in [7, 11) is 0. The molecule has 0 aliphatic carbocycles. The maximum absolute atomic E-state index is 5.78. The van der Waals surface area contributed by atoms with Crippen molar-refractivity contribution < 1.29 is 0 Å². The van der Waals surface area contributed by atoms with E-state index in [4.69, 9.17) is 11.6 Å². The van der Waals surface area contributed by atoms with Gasteiger partial charge in [0.05, 0.1) is 0 Å². The third-order valence-electron chi connectivity index (χ3n) is 1.96. The Morgan fingerprint density at radius 2 is 2.19 bits per heavy atom. The van der Waals surface area contributed by atoms with Crippen LogP contribution in [0.25, 0.3) is 0 Å². The predicted molar refractivity (Wildman–Crippen MR) is 74.5 cm³/mol. The molecule has 0 bridgehead atoms. The number of halogens is 2. The van der Waals surface area contributed by atoms with Crippen LogP contribution in [0, 0.1) is 0 Å². The summed E-state index contributed by atoms with van der Waals surface area (Å²) >= 11 is 8.10. The summed E-state index contributed by atoms with van der Waals surface area (Å²) in [6.45, 7) is 0. The highest BCUT2D eigenvalue weighted by Crippen LogP contribution is 2.17. The molecule has 1 N–H and O–H groups in total. The molecule has 0 saturated carbocycles. The number of hydrogen-bond donors (Lipinski definition) is 1. The minimum Gasteiger partial charge on any atom is -0.324 e. The van der Waals surface area contributed by atoms with Crippen LogP contribution in [-0.2, 0) is 4.43 Å². The third kappa shape index (κ3) is 3.05. The van der Waals surface area contributed by atoms with Gasteiger partial charge in [-0.1, -0.05) is 46.3 Å². The number of nitrogens with one attached hydrogen (secondary N) is 1. The summed E-state index contributed by atoms with van der Waals surface area (Å²) in [4.78, 5) is 8.15. The maximum Gasteiger partial charge on any atom is 0.228 e. The average molecular weight is 346 g/mol. The summed E-state index contributed by atoms with van der Waals surface area (Å²) < 4.78 is 0.976. The molecule has 16 heavy (non-hydrogen) atoms. The Morgan fingerprint density at radius 1 is 1.31 bits per heavy atom. The second kappa shape index (κ2) is 5.45. The van der Waals surface area contributed by atoms with Crippen molar-refractivity contribution in [2.75, 3.05) is 5.32 Å². The zero-order chi connectivity index (χ0) is 11.4. The van der Waals surface area contributed by atoms with Gasteiger partial charge in [-0.2, -0.15) is 0 Å². The molecule has 1 heterocycles. The standard InChI is InChI=1S/C11H9ClIN3/c12-10-4-5-14-11(16-10)15-9-3-1-2-8(6-9)7-13/h1-6H,7H2,(H,14,15,16). The molecule has 0 spiro atoms. The minimum absolute atomic E-state index is 0.433. The maximum atomic E-state index is 5.78. The van der Waals surface area contributed by atoms with Gasteiger partial charge in [-0.25, -0.2) is 9.97 Å². The molecule has 0 aliphatic heterocycles. The molecule has 82 valence electrons. The highest BCUT2D eigenvalue weighted by molar-refractivity contribution is 14.1. The molecule has 5 heteroatoms. The first kappa shape index (κ1) is 11.6. The number of hydrogen-bond acceptors (Lipinski definition) is 3. The lowest BCUT2D eigenvalue weighted by Crippen LogP contribution is -1.96. The molecule has 0 aliphatic rings. The van der Waals surface area contributed by atoms with Gasteiger partial charge in [0.2, 0.25) is 5.95 Å². The van der Waals surface area contributed by atoms with Crippen molar-refractivity contribution in [1.29, 1.82) is 0 Å². The van der Waals surface area contributed by atoms with Gasteiger partial charge in [0, 0.05) is 16.3 Å². The molecule has 0 unspecified atom stereocenters. The molecule has 0 atom stereocenters. The monoisotopic (exact) mass is 345 g/mol. The molecular formula is C11H9ClIN3.